The Kier molecular flexibility index (Phi) is 7.87. The molecule has 1 N–H and O–H groups in total. The van der Waals surface area contributed by atoms with E-state index >= 15 is 0 Å². The summed E-state index contributed by atoms with van der Waals surface area (Å²) in [6, 6.07) is 14.6. The highest BCUT2D eigenvalue weighted by atomic mass is 16.5. The van der Waals surface area contributed by atoms with Gasteiger partial charge in [0.05, 0.1) is 38.8 Å². The van der Waals surface area contributed by atoms with Gasteiger partial charge in [-0.25, -0.2) is 4.68 Å². The average Bonchev–Trinajstić information content (AvgIpc) is 3.41. The quantitative estimate of drug-likeness (QED) is 0.324. The van der Waals surface area contributed by atoms with E-state index in [0.29, 0.717) is 61.7 Å². The van der Waals surface area contributed by atoms with Crippen LogP contribution in [0.1, 0.15) is 42.8 Å². The molecular formula is C28H32N6O5. The number of ether oxygens (including phenoxy) is 3. The number of hydrogen-bond donors (Lipinski definition) is 1. The van der Waals surface area contributed by atoms with Crippen LogP contribution in [-0.2, 0) is 16.1 Å². The summed E-state index contributed by atoms with van der Waals surface area (Å²) in [5, 5.41) is 13.5. The predicted octanol–water partition coefficient (Wildman–Crippen LogP) is 2.94. The highest BCUT2D eigenvalue weighted by Gasteiger charge is 2.35. The second-order valence-corrected chi connectivity index (χ2v) is 9.51. The number of nitrogens with zero attached hydrogens (tertiary/aromatic N) is 5. The van der Waals surface area contributed by atoms with Crippen LogP contribution < -0.4 is 15.0 Å². The Labute approximate surface area is 225 Å². The molecule has 2 aromatic heterocycles. The Balaban J connectivity index is 1.53. The van der Waals surface area contributed by atoms with Crippen LogP contribution in [-0.4, -0.2) is 70.0 Å². The van der Waals surface area contributed by atoms with E-state index < -0.39 is 6.04 Å². The van der Waals surface area contributed by atoms with Gasteiger partial charge in [0.1, 0.15) is 17.5 Å². The van der Waals surface area contributed by atoms with Crippen molar-refractivity contribution in [1.82, 2.24) is 30.1 Å². The number of rotatable bonds is 9. The van der Waals surface area contributed by atoms with Gasteiger partial charge in [0, 0.05) is 24.7 Å². The maximum absolute atomic E-state index is 13.5. The van der Waals surface area contributed by atoms with Crippen molar-refractivity contribution >= 4 is 16.9 Å². The number of fused-ring (bicyclic) bond motifs is 1. The van der Waals surface area contributed by atoms with Crippen molar-refractivity contribution in [3.63, 3.8) is 0 Å². The van der Waals surface area contributed by atoms with Crippen molar-refractivity contribution in [2.45, 2.75) is 32.4 Å². The first-order valence-corrected chi connectivity index (χ1v) is 13.0. The molecule has 0 spiro atoms. The number of tetrazole rings is 1. The standard InChI is InChI=1S/C28H32N6O5/c1-4-39-28(36)19-11-13-33(14-12-19)25(23-15-20-7-10-22(38-3)16-24(20)29-27(23)35)26-30-31-32-34(26)17-18-5-8-21(37-2)9-6-18/h5-10,15-16,19,25H,4,11-14,17H2,1-3H3,(H,29,35)/t25-/m1/s1. The fourth-order valence-electron chi connectivity index (χ4n) is 5.10. The van der Waals surface area contributed by atoms with Crippen molar-refractivity contribution in [3.8, 4) is 11.5 Å². The van der Waals surface area contributed by atoms with Crippen LogP contribution in [0.5, 0.6) is 11.5 Å². The van der Waals surface area contributed by atoms with E-state index in [0.717, 1.165) is 16.7 Å². The lowest BCUT2D eigenvalue weighted by Crippen LogP contribution is -2.42. The Morgan fingerprint density at radius 1 is 1.05 bits per heavy atom. The molecule has 1 aliphatic rings. The number of aromatic amines is 1. The number of carbonyl (C=O) groups excluding carboxylic acids is 1. The third-order valence-corrected chi connectivity index (χ3v) is 7.19. The molecule has 0 amide bonds. The number of aromatic nitrogens is 5. The molecule has 1 saturated heterocycles. The third-order valence-electron chi connectivity index (χ3n) is 7.19. The average molecular weight is 533 g/mol. The van der Waals surface area contributed by atoms with Crippen molar-refractivity contribution < 1.29 is 19.0 Å². The Morgan fingerprint density at radius 2 is 1.77 bits per heavy atom. The van der Waals surface area contributed by atoms with Gasteiger partial charge in [0.15, 0.2) is 5.82 Å². The fourth-order valence-corrected chi connectivity index (χ4v) is 5.10. The minimum absolute atomic E-state index is 0.167. The van der Waals surface area contributed by atoms with Crippen molar-refractivity contribution in [3.05, 3.63) is 75.8 Å². The van der Waals surface area contributed by atoms with Gasteiger partial charge in [-0.15, -0.1) is 5.10 Å². The Hall–Kier alpha value is -4.25. The van der Waals surface area contributed by atoms with E-state index in [1.807, 2.05) is 49.4 Å². The summed E-state index contributed by atoms with van der Waals surface area (Å²) in [6.45, 7) is 3.77. The number of piperidine rings is 1. The first-order chi connectivity index (χ1) is 19.0. The summed E-state index contributed by atoms with van der Waals surface area (Å²) in [5.74, 6) is 1.64. The summed E-state index contributed by atoms with van der Waals surface area (Å²) in [6.07, 6.45) is 1.25. The number of esters is 1. The number of carbonyl (C=O) groups is 1. The molecule has 204 valence electrons. The molecule has 5 rings (SSSR count). The molecule has 0 unspecified atom stereocenters. The Morgan fingerprint density at radius 3 is 2.46 bits per heavy atom. The van der Waals surface area contributed by atoms with E-state index in [1.165, 1.54) is 0 Å². The van der Waals surface area contributed by atoms with Crippen LogP contribution in [0, 0.1) is 5.92 Å². The number of likely N-dealkylation sites (tertiary alicyclic amines) is 1. The van der Waals surface area contributed by atoms with E-state index in [-0.39, 0.29) is 17.4 Å². The summed E-state index contributed by atoms with van der Waals surface area (Å²) in [4.78, 5) is 31.1. The fraction of sp³-hybridized carbons (Fsp3) is 0.393. The second kappa shape index (κ2) is 11.6. The molecule has 3 heterocycles. The summed E-state index contributed by atoms with van der Waals surface area (Å²) in [7, 11) is 3.22. The number of benzene rings is 2. The molecule has 0 aliphatic carbocycles. The number of methoxy groups -OCH3 is 2. The molecule has 11 heteroatoms. The molecule has 1 aliphatic heterocycles. The number of hydrogen-bond acceptors (Lipinski definition) is 9. The molecule has 4 aromatic rings. The lowest BCUT2D eigenvalue weighted by molar-refractivity contribution is -0.149. The highest BCUT2D eigenvalue weighted by molar-refractivity contribution is 5.80. The van der Waals surface area contributed by atoms with Crippen LogP contribution in [0.3, 0.4) is 0 Å². The largest absolute Gasteiger partial charge is 0.497 e. The van der Waals surface area contributed by atoms with E-state index in [4.69, 9.17) is 14.2 Å². The van der Waals surface area contributed by atoms with Crippen molar-refractivity contribution in [1.29, 1.82) is 0 Å². The second-order valence-electron chi connectivity index (χ2n) is 9.51. The molecule has 11 nitrogen and oxygen atoms in total. The van der Waals surface area contributed by atoms with E-state index in [9.17, 15) is 9.59 Å². The molecule has 0 saturated carbocycles. The van der Waals surface area contributed by atoms with Gasteiger partial charge < -0.3 is 19.2 Å². The van der Waals surface area contributed by atoms with Crippen molar-refractivity contribution in [2.75, 3.05) is 33.9 Å². The first kappa shape index (κ1) is 26.4. The smallest absolute Gasteiger partial charge is 0.309 e. The van der Waals surface area contributed by atoms with Gasteiger partial charge in [-0.1, -0.05) is 12.1 Å². The molecule has 39 heavy (non-hydrogen) atoms. The number of pyridine rings is 1. The molecule has 0 radical (unpaired) electrons. The predicted molar refractivity (Wildman–Crippen MR) is 144 cm³/mol. The topological polar surface area (TPSA) is 124 Å². The molecule has 1 atom stereocenters. The summed E-state index contributed by atoms with van der Waals surface area (Å²) >= 11 is 0. The zero-order valence-electron chi connectivity index (χ0n) is 22.3. The van der Waals surface area contributed by atoms with Gasteiger partial charge in [-0.3, -0.25) is 14.5 Å². The van der Waals surface area contributed by atoms with E-state index in [1.54, 1.807) is 25.0 Å². The molecule has 0 bridgehead atoms. The van der Waals surface area contributed by atoms with Gasteiger partial charge in [-0.05, 0) is 71.5 Å². The molecular weight excluding hydrogens is 500 g/mol. The van der Waals surface area contributed by atoms with Crippen LogP contribution in [0.4, 0.5) is 0 Å². The molecule has 1 fully saturated rings. The first-order valence-electron chi connectivity index (χ1n) is 13.0. The van der Waals surface area contributed by atoms with Gasteiger partial charge in [0.2, 0.25) is 0 Å². The van der Waals surface area contributed by atoms with Gasteiger partial charge >= 0.3 is 5.97 Å². The zero-order chi connectivity index (χ0) is 27.4. The monoisotopic (exact) mass is 532 g/mol. The van der Waals surface area contributed by atoms with Crippen LogP contribution in [0.2, 0.25) is 0 Å². The zero-order valence-corrected chi connectivity index (χ0v) is 22.3. The lowest BCUT2D eigenvalue weighted by Gasteiger charge is -2.36. The number of nitrogens with one attached hydrogen (secondary N) is 1. The normalized spacial score (nSPS) is 15.3. The maximum atomic E-state index is 13.5. The number of H-pyrrole nitrogens is 1. The minimum atomic E-state index is -0.517. The van der Waals surface area contributed by atoms with Crippen LogP contribution in [0.15, 0.2) is 53.3 Å². The molecule has 2 aromatic carbocycles. The van der Waals surface area contributed by atoms with Crippen LogP contribution in [0.25, 0.3) is 10.9 Å². The Bertz CT molecular complexity index is 1490. The van der Waals surface area contributed by atoms with Crippen molar-refractivity contribution in [2.24, 2.45) is 5.92 Å². The SMILES string of the molecule is CCOC(=O)C1CCN([C@H](c2cc3ccc(OC)cc3[nH]c2=O)c2nnnn2Cc2ccc(OC)cc2)CC1. The highest BCUT2D eigenvalue weighted by Crippen LogP contribution is 2.32. The minimum Gasteiger partial charge on any atom is -0.497 e. The van der Waals surface area contributed by atoms with Gasteiger partial charge in [0.25, 0.3) is 5.56 Å². The summed E-state index contributed by atoms with van der Waals surface area (Å²) < 4.78 is 17.6. The third kappa shape index (κ3) is 5.63. The maximum Gasteiger partial charge on any atom is 0.309 e. The summed E-state index contributed by atoms with van der Waals surface area (Å²) in [5.41, 5.74) is 1.98. The van der Waals surface area contributed by atoms with E-state index in [2.05, 4.69) is 25.4 Å². The van der Waals surface area contributed by atoms with Crippen LogP contribution >= 0.6 is 0 Å². The lowest BCUT2D eigenvalue weighted by atomic mass is 9.94. The van der Waals surface area contributed by atoms with Gasteiger partial charge in [-0.2, -0.15) is 0 Å².